The zero-order chi connectivity index (χ0) is 20.5. The van der Waals surface area contributed by atoms with Crippen LogP contribution in [-0.2, 0) is 4.74 Å². The number of aromatic amines is 1. The SMILES string of the molecule is COC(=O)c1c(C)[nH]c(C(=O)CN2CCC[C@H](c3nc4ccccc4s3)C2)c1C. The maximum atomic E-state index is 13.0. The van der Waals surface area contributed by atoms with Gasteiger partial charge < -0.3 is 9.72 Å². The number of H-pyrrole nitrogens is 1. The summed E-state index contributed by atoms with van der Waals surface area (Å²) in [5.41, 5.74) is 3.35. The van der Waals surface area contributed by atoms with Gasteiger partial charge in [-0.3, -0.25) is 9.69 Å². The van der Waals surface area contributed by atoms with E-state index in [2.05, 4.69) is 22.0 Å². The Bertz CT molecular complexity index is 1040. The van der Waals surface area contributed by atoms with Gasteiger partial charge in [0.05, 0.1) is 40.1 Å². The fourth-order valence-electron chi connectivity index (χ4n) is 4.18. The standard InChI is InChI=1S/C22H25N3O3S/c1-13-19(22(27)28-3)14(2)23-20(13)17(26)12-25-10-6-7-15(11-25)21-24-16-8-4-5-9-18(16)29-21/h4-5,8-9,15,23H,6-7,10-12H2,1-3H3/t15-/m0/s1. The van der Waals surface area contributed by atoms with Crippen LogP contribution in [0, 0.1) is 13.8 Å². The number of aromatic nitrogens is 2. The zero-order valence-electron chi connectivity index (χ0n) is 16.9. The summed E-state index contributed by atoms with van der Waals surface area (Å²) in [7, 11) is 1.35. The van der Waals surface area contributed by atoms with Crippen LogP contribution in [0.2, 0.25) is 0 Å². The van der Waals surface area contributed by atoms with Gasteiger partial charge in [-0.15, -0.1) is 11.3 Å². The van der Waals surface area contributed by atoms with Crippen LogP contribution < -0.4 is 0 Å². The highest BCUT2D eigenvalue weighted by atomic mass is 32.1. The number of ketones is 1. The Morgan fingerprint density at radius 3 is 2.86 bits per heavy atom. The summed E-state index contributed by atoms with van der Waals surface area (Å²) < 4.78 is 6.05. The molecule has 1 saturated heterocycles. The number of nitrogens with one attached hydrogen (secondary N) is 1. The molecule has 0 saturated carbocycles. The Hall–Kier alpha value is -2.51. The molecule has 1 atom stereocenters. The molecule has 152 valence electrons. The van der Waals surface area contributed by atoms with Gasteiger partial charge in [0.2, 0.25) is 0 Å². The van der Waals surface area contributed by atoms with E-state index in [-0.39, 0.29) is 5.78 Å². The van der Waals surface area contributed by atoms with E-state index >= 15 is 0 Å². The molecule has 1 aliphatic rings. The predicted molar refractivity (Wildman–Crippen MR) is 114 cm³/mol. The van der Waals surface area contributed by atoms with Crippen LogP contribution in [0.4, 0.5) is 0 Å². The molecule has 0 amide bonds. The molecule has 1 aliphatic heterocycles. The average molecular weight is 412 g/mol. The minimum absolute atomic E-state index is 0.00528. The lowest BCUT2D eigenvalue weighted by Gasteiger charge is -2.31. The second kappa shape index (κ2) is 8.08. The zero-order valence-corrected chi connectivity index (χ0v) is 17.8. The van der Waals surface area contributed by atoms with Crippen molar-refractivity contribution in [1.82, 2.24) is 14.9 Å². The van der Waals surface area contributed by atoms with Crippen LogP contribution >= 0.6 is 11.3 Å². The number of carbonyl (C=O) groups is 2. The second-order valence-corrected chi connectivity index (χ2v) is 8.70. The van der Waals surface area contributed by atoms with Crippen LogP contribution in [0.5, 0.6) is 0 Å². The van der Waals surface area contributed by atoms with Crippen LogP contribution in [0.3, 0.4) is 0 Å². The van der Waals surface area contributed by atoms with Gasteiger partial charge in [0.15, 0.2) is 5.78 Å². The lowest BCUT2D eigenvalue weighted by Crippen LogP contribution is -2.38. The van der Waals surface area contributed by atoms with Gasteiger partial charge in [-0.25, -0.2) is 9.78 Å². The molecule has 1 N–H and O–H groups in total. The number of thiazole rings is 1. The molecule has 0 aliphatic carbocycles. The van der Waals surface area contributed by atoms with Crippen LogP contribution in [0.15, 0.2) is 24.3 Å². The number of methoxy groups -OCH3 is 1. The molecule has 1 aromatic carbocycles. The number of esters is 1. The lowest BCUT2D eigenvalue weighted by molar-refractivity contribution is 0.0599. The van der Waals surface area contributed by atoms with Crippen LogP contribution in [0.25, 0.3) is 10.2 Å². The molecule has 29 heavy (non-hydrogen) atoms. The van der Waals surface area contributed by atoms with E-state index in [1.807, 2.05) is 12.1 Å². The maximum absolute atomic E-state index is 13.0. The highest BCUT2D eigenvalue weighted by Crippen LogP contribution is 2.33. The Kier molecular flexibility index (Phi) is 5.52. The van der Waals surface area contributed by atoms with Crippen molar-refractivity contribution in [2.45, 2.75) is 32.6 Å². The summed E-state index contributed by atoms with van der Waals surface area (Å²) >= 11 is 1.75. The summed E-state index contributed by atoms with van der Waals surface area (Å²) in [4.78, 5) is 35.1. The van der Waals surface area contributed by atoms with Gasteiger partial charge >= 0.3 is 5.97 Å². The Labute approximate surface area is 173 Å². The highest BCUT2D eigenvalue weighted by molar-refractivity contribution is 7.18. The topological polar surface area (TPSA) is 75.3 Å². The van der Waals surface area contributed by atoms with Crippen LogP contribution in [-0.4, -0.2) is 53.4 Å². The van der Waals surface area contributed by atoms with Gasteiger partial charge in [-0.05, 0) is 50.9 Å². The van der Waals surface area contributed by atoms with E-state index in [4.69, 9.17) is 9.72 Å². The van der Waals surface area contributed by atoms with E-state index in [1.165, 1.54) is 11.8 Å². The predicted octanol–water partition coefficient (Wildman–Crippen LogP) is 4.09. The molecule has 6 nitrogen and oxygen atoms in total. The minimum atomic E-state index is -0.413. The number of likely N-dealkylation sites (tertiary alicyclic amines) is 1. The van der Waals surface area contributed by atoms with E-state index < -0.39 is 5.97 Å². The molecule has 4 rings (SSSR count). The summed E-state index contributed by atoms with van der Waals surface area (Å²) in [5, 5.41) is 1.16. The van der Waals surface area contributed by atoms with Crippen molar-refractivity contribution in [3.63, 3.8) is 0 Å². The highest BCUT2D eigenvalue weighted by Gasteiger charge is 2.28. The first-order valence-corrected chi connectivity index (χ1v) is 10.7. The van der Waals surface area contributed by atoms with Crippen molar-refractivity contribution in [1.29, 1.82) is 0 Å². The quantitative estimate of drug-likeness (QED) is 0.506. The normalized spacial score (nSPS) is 17.6. The first kappa shape index (κ1) is 19.8. The second-order valence-electron chi connectivity index (χ2n) is 7.63. The Balaban J connectivity index is 1.48. The smallest absolute Gasteiger partial charge is 0.339 e. The maximum Gasteiger partial charge on any atom is 0.339 e. The molecule has 0 spiro atoms. The molecule has 2 aromatic heterocycles. The van der Waals surface area contributed by atoms with Crippen molar-refractivity contribution < 1.29 is 14.3 Å². The average Bonchev–Trinajstić information content (AvgIpc) is 3.28. The van der Waals surface area contributed by atoms with E-state index in [0.29, 0.717) is 35.0 Å². The molecule has 1 fully saturated rings. The number of nitrogens with zero attached hydrogens (tertiary/aromatic N) is 2. The van der Waals surface area contributed by atoms with Gasteiger partial charge in [-0.1, -0.05) is 12.1 Å². The number of para-hydroxylation sites is 1. The summed E-state index contributed by atoms with van der Waals surface area (Å²) in [6.45, 7) is 5.65. The fourth-order valence-corrected chi connectivity index (χ4v) is 5.28. The van der Waals surface area contributed by atoms with Crippen molar-refractivity contribution >= 4 is 33.3 Å². The summed E-state index contributed by atoms with van der Waals surface area (Å²) in [5.74, 6) is -0.0547. The first-order valence-electron chi connectivity index (χ1n) is 9.86. The molecule has 0 unspecified atom stereocenters. The summed E-state index contributed by atoms with van der Waals surface area (Å²) in [6, 6.07) is 8.21. The first-order chi connectivity index (χ1) is 14.0. The number of rotatable bonds is 5. The van der Waals surface area contributed by atoms with Gasteiger partial charge in [0.1, 0.15) is 0 Å². The summed E-state index contributed by atoms with van der Waals surface area (Å²) in [6.07, 6.45) is 2.14. The number of Topliss-reactive ketones (excluding diaryl/α,β-unsaturated/α-hetero) is 1. The van der Waals surface area contributed by atoms with Crippen molar-refractivity contribution in [2.75, 3.05) is 26.7 Å². The molecular weight excluding hydrogens is 386 g/mol. The number of benzene rings is 1. The third kappa shape index (κ3) is 3.84. The minimum Gasteiger partial charge on any atom is -0.465 e. The Morgan fingerprint density at radius 1 is 1.31 bits per heavy atom. The molecule has 3 heterocycles. The molecule has 7 heteroatoms. The molecule has 0 bridgehead atoms. The van der Waals surface area contributed by atoms with Gasteiger partial charge in [-0.2, -0.15) is 0 Å². The Morgan fingerprint density at radius 2 is 2.10 bits per heavy atom. The van der Waals surface area contributed by atoms with E-state index in [1.54, 1.807) is 25.2 Å². The van der Waals surface area contributed by atoms with Crippen LogP contribution in [0.1, 0.15) is 55.9 Å². The van der Waals surface area contributed by atoms with Crippen molar-refractivity contribution in [3.05, 3.63) is 51.8 Å². The van der Waals surface area contributed by atoms with Crippen molar-refractivity contribution in [2.24, 2.45) is 0 Å². The number of aryl methyl sites for hydroxylation is 1. The monoisotopic (exact) mass is 411 g/mol. The van der Waals surface area contributed by atoms with Crippen molar-refractivity contribution in [3.8, 4) is 0 Å². The fraction of sp³-hybridized carbons (Fsp3) is 0.409. The number of hydrogen-bond acceptors (Lipinski definition) is 6. The lowest BCUT2D eigenvalue weighted by atomic mass is 9.98. The number of hydrogen-bond donors (Lipinski definition) is 1. The molecule has 0 radical (unpaired) electrons. The van der Waals surface area contributed by atoms with E-state index in [9.17, 15) is 9.59 Å². The third-order valence-corrected chi connectivity index (χ3v) is 6.84. The number of carbonyl (C=O) groups excluding carboxylic acids is 2. The number of fused-ring (bicyclic) bond motifs is 1. The molecule has 3 aromatic rings. The molecular formula is C22H25N3O3S. The number of piperidine rings is 1. The van der Waals surface area contributed by atoms with Gasteiger partial charge in [0, 0.05) is 18.2 Å². The largest absolute Gasteiger partial charge is 0.465 e. The van der Waals surface area contributed by atoms with E-state index in [0.717, 1.165) is 36.5 Å². The number of ether oxygens (including phenoxy) is 1. The third-order valence-electron chi connectivity index (χ3n) is 5.64. The van der Waals surface area contributed by atoms with Gasteiger partial charge in [0.25, 0.3) is 0 Å².